The maximum Gasteiger partial charge on any atom is 0.336 e. The highest BCUT2D eigenvalue weighted by Gasteiger charge is 2.41. The number of benzene rings is 2. The van der Waals surface area contributed by atoms with Gasteiger partial charge in [-0.2, -0.15) is 0 Å². The highest BCUT2D eigenvalue weighted by molar-refractivity contribution is 8.03. The molecule has 2 aliphatic rings. The molecule has 2 unspecified atom stereocenters. The number of carbonyl (C=O) groups is 1. The van der Waals surface area contributed by atoms with Gasteiger partial charge in [0, 0.05) is 18.3 Å². The molecule has 0 fully saturated rings. The number of carbonyl (C=O) groups excluding carboxylic acids is 1. The van der Waals surface area contributed by atoms with Gasteiger partial charge in [0.05, 0.1) is 23.3 Å². The summed E-state index contributed by atoms with van der Waals surface area (Å²) in [5.41, 5.74) is 8.83. The van der Waals surface area contributed by atoms with Crippen LogP contribution in [0.25, 0.3) is 0 Å². The van der Waals surface area contributed by atoms with Crippen molar-refractivity contribution in [2.24, 2.45) is 16.6 Å². The maximum atomic E-state index is 13.4. The third-order valence-corrected chi connectivity index (χ3v) is 6.57. The second-order valence-corrected chi connectivity index (χ2v) is 8.94. The number of hydrogen-bond donors (Lipinski definition) is 1. The first-order valence-corrected chi connectivity index (χ1v) is 11.7. The number of ether oxygens (including phenoxy) is 3. The largest absolute Gasteiger partial charge is 0.489 e. The second kappa shape index (κ2) is 10.3. The molecule has 0 aromatic heterocycles. The van der Waals surface area contributed by atoms with E-state index in [1.54, 1.807) is 13.0 Å². The summed E-state index contributed by atoms with van der Waals surface area (Å²) in [7, 11) is 0. The van der Waals surface area contributed by atoms with Crippen LogP contribution >= 0.6 is 11.8 Å². The Morgan fingerprint density at radius 2 is 1.74 bits per heavy atom. The summed E-state index contributed by atoms with van der Waals surface area (Å²) in [6.45, 7) is 4.20. The van der Waals surface area contributed by atoms with Gasteiger partial charge in [0.15, 0.2) is 0 Å². The minimum absolute atomic E-state index is 0.0130. The summed E-state index contributed by atoms with van der Waals surface area (Å²) in [6.07, 6.45) is 1.48. The van der Waals surface area contributed by atoms with E-state index < -0.39 is 17.6 Å². The first kappa shape index (κ1) is 23.8. The molecule has 4 rings (SSSR count). The fourth-order valence-corrected chi connectivity index (χ4v) is 5.13. The van der Waals surface area contributed by atoms with Crippen LogP contribution in [0.1, 0.15) is 18.1 Å². The molecule has 2 N–H and O–H groups in total. The van der Waals surface area contributed by atoms with Crippen LogP contribution in [0.4, 0.5) is 8.78 Å². The number of rotatable bonds is 8. The van der Waals surface area contributed by atoms with Crippen LogP contribution in [0, 0.1) is 24.5 Å². The molecule has 0 amide bonds. The molecule has 0 saturated carbocycles. The SMILES string of the molecule is CCOC(=O)C1=CN=C(N)C2C(COc3cc(C)cc(OCc4cc(F)cc(F)c4)c3)=CSC12. The first-order valence-electron chi connectivity index (χ1n) is 10.7. The number of amidine groups is 1. The quantitative estimate of drug-likeness (QED) is 0.547. The van der Waals surface area contributed by atoms with E-state index in [4.69, 9.17) is 19.9 Å². The summed E-state index contributed by atoms with van der Waals surface area (Å²) in [5, 5.41) is 1.75. The van der Waals surface area contributed by atoms with Gasteiger partial charge in [0.2, 0.25) is 0 Å². The minimum atomic E-state index is -0.653. The molecular weight excluding hydrogens is 462 g/mol. The molecule has 9 heteroatoms. The average Bonchev–Trinajstić information content (AvgIpc) is 3.21. The van der Waals surface area contributed by atoms with Crippen molar-refractivity contribution < 1.29 is 27.8 Å². The lowest BCUT2D eigenvalue weighted by Gasteiger charge is -2.26. The average molecular weight is 487 g/mol. The zero-order chi connectivity index (χ0) is 24.2. The number of hydrogen-bond acceptors (Lipinski definition) is 7. The molecule has 2 atom stereocenters. The van der Waals surface area contributed by atoms with Gasteiger partial charge in [0.25, 0.3) is 0 Å². The molecule has 0 saturated heterocycles. The smallest absolute Gasteiger partial charge is 0.336 e. The van der Waals surface area contributed by atoms with E-state index in [1.807, 2.05) is 24.5 Å². The van der Waals surface area contributed by atoms with Gasteiger partial charge in [-0.05, 0) is 60.2 Å². The van der Waals surface area contributed by atoms with Crippen LogP contribution in [-0.4, -0.2) is 30.3 Å². The topological polar surface area (TPSA) is 83.1 Å². The van der Waals surface area contributed by atoms with Crippen molar-refractivity contribution in [1.82, 2.24) is 0 Å². The van der Waals surface area contributed by atoms with Crippen LogP contribution in [0.2, 0.25) is 0 Å². The first-order chi connectivity index (χ1) is 16.3. The summed E-state index contributed by atoms with van der Waals surface area (Å²) in [6, 6.07) is 8.66. The van der Waals surface area contributed by atoms with E-state index in [0.29, 0.717) is 28.5 Å². The molecule has 2 aliphatic heterocycles. The summed E-state index contributed by atoms with van der Waals surface area (Å²) in [5.74, 6) is -0.443. The van der Waals surface area contributed by atoms with Gasteiger partial charge in [0.1, 0.15) is 42.2 Å². The van der Waals surface area contributed by atoms with Crippen LogP contribution in [0.5, 0.6) is 11.5 Å². The number of esters is 1. The maximum absolute atomic E-state index is 13.4. The number of halogens is 2. The highest BCUT2D eigenvalue weighted by Crippen LogP contribution is 2.42. The second-order valence-electron chi connectivity index (χ2n) is 7.92. The Hall–Kier alpha value is -3.33. The van der Waals surface area contributed by atoms with E-state index in [-0.39, 0.29) is 31.0 Å². The van der Waals surface area contributed by atoms with Gasteiger partial charge in [-0.15, -0.1) is 11.8 Å². The van der Waals surface area contributed by atoms with Crippen molar-refractivity contribution in [2.45, 2.75) is 25.7 Å². The monoisotopic (exact) mass is 486 g/mol. The Morgan fingerprint density at radius 3 is 2.41 bits per heavy atom. The third kappa shape index (κ3) is 5.41. The summed E-state index contributed by atoms with van der Waals surface area (Å²) >= 11 is 1.49. The van der Waals surface area contributed by atoms with Crippen molar-refractivity contribution in [3.8, 4) is 11.5 Å². The Bertz CT molecular complexity index is 1180. The van der Waals surface area contributed by atoms with E-state index in [9.17, 15) is 13.6 Å². The fourth-order valence-electron chi connectivity index (χ4n) is 3.82. The predicted octanol–water partition coefficient (Wildman–Crippen LogP) is 4.66. The van der Waals surface area contributed by atoms with Gasteiger partial charge < -0.3 is 19.9 Å². The van der Waals surface area contributed by atoms with Crippen molar-refractivity contribution in [1.29, 1.82) is 0 Å². The lowest BCUT2D eigenvalue weighted by Crippen LogP contribution is -2.37. The van der Waals surface area contributed by atoms with Crippen LogP contribution in [-0.2, 0) is 16.1 Å². The molecular formula is C25H24F2N2O4S. The van der Waals surface area contributed by atoms with Gasteiger partial charge in [-0.3, -0.25) is 0 Å². The van der Waals surface area contributed by atoms with Crippen LogP contribution < -0.4 is 15.2 Å². The van der Waals surface area contributed by atoms with Gasteiger partial charge in [-0.25, -0.2) is 18.6 Å². The molecule has 178 valence electrons. The lowest BCUT2D eigenvalue weighted by molar-refractivity contribution is -0.138. The molecule has 2 aromatic carbocycles. The van der Waals surface area contributed by atoms with Crippen LogP contribution in [0.15, 0.2) is 64.1 Å². The number of nitrogens with zero attached hydrogens (tertiary/aromatic N) is 1. The number of aliphatic imine (C=N–C) groups is 1. The van der Waals surface area contributed by atoms with Crippen LogP contribution in [0.3, 0.4) is 0 Å². The minimum Gasteiger partial charge on any atom is -0.489 e. The number of fused-ring (bicyclic) bond motifs is 1. The number of aryl methyl sites for hydroxylation is 1. The zero-order valence-corrected chi connectivity index (χ0v) is 19.5. The molecule has 2 aromatic rings. The number of thioether (sulfide) groups is 1. The standard InChI is InChI=1S/C25H24F2N2O4S/c1-3-31-25(30)21-10-29-24(28)22-16(13-34-23(21)22)12-33-20-5-14(2)4-19(9-20)32-11-15-6-17(26)8-18(27)7-15/h4-10,13,22-23H,3,11-12H2,1-2H3,(H2,28,29). The normalized spacial score (nSPS) is 19.0. The molecule has 0 radical (unpaired) electrons. The Morgan fingerprint density at radius 1 is 1.06 bits per heavy atom. The van der Waals surface area contributed by atoms with Crippen molar-refractivity contribution in [3.05, 3.63) is 81.9 Å². The summed E-state index contributed by atoms with van der Waals surface area (Å²) < 4.78 is 43.7. The van der Waals surface area contributed by atoms with E-state index in [2.05, 4.69) is 4.99 Å². The molecule has 6 nitrogen and oxygen atoms in total. The zero-order valence-electron chi connectivity index (χ0n) is 18.7. The molecule has 0 spiro atoms. The third-order valence-electron chi connectivity index (χ3n) is 5.31. The van der Waals surface area contributed by atoms with Crippen molar-refractivity contribution in [2.75, 3.05) is 13.2 Å². The van der Waals surface area contributed by atoms with E-state index in [1.165, 1.54) is 30.1 Å². The van der Waals surface area contributed by atoms with E-state index >= 15 is 0 Å². The summed E-state index contributed by atoms with van der Waals surface area (Å²) in [4.78, 5) is 16.5. The van der Waals surface area contributed by atoms with Crippen molar-refractivity contribution in [3.63, 3.8) is 0 Å². The predicted molar refractivity (Wildman–Crippen MR) is 127 cm³/mol. The molecule has 0 bridgehead atoms. The van der Waals surface area contributed by atoms with E-state index in [0.717, 1.165) is 17.2 Å². The van der Waals surface area contributed by atoms with Gasteiger partial charge in [-0.1, -0.05) is 0 Å². The van der Waals surface area contributed by atoms with Gasteiger partial charge >= 0.3 is 5.97 Å². The molecule has 0 aliphatic carbocycles. The molecule has 2 heterocycles. The van der Waals surface area contributed by atoms with Crippen molar-refractivity contribution >= 4 is 23.6 Å². The Balaban J connectivity index is 1.41. The highest BCUT2D eigenvalue weighted by atomic mass is 32.2. The molecule has 34 heavy (non-hydrogen) atoms. The Labute approximate surface area is 200 Å². The Kier molecular flexibility index (Phi) is 7.21. The lowest BCUT2D eigenvalue weighted by atomic mass is 9.90. The number of nitrogens with two attached hydrogens (primary N) is 1. The fraction of sp³-hybridized carbons (Fsp3) is 0.280.